The Bertz CT molecular complexity index is 85.2. The number of aliphatic hydroxyl groups excluding tert-OH is 1. The highest BCUT2D eigenvalue weighted by molar-refractivity contribution is 4.81. The van der Waals surface area contributed by atoms with Crippen LogP contribution in [0, 0.1) is 0 Å². The molecule has 0 fully saturated rings. The first-order valence-electron chi connectivity index (χ1n) is 5.17. The molecule has 0 saturated carbocycles. The van der Waals surface area contributed by atoms with Crippen molar-refractivity contribution in [3.05, 3.63) is 12.2 Å². The van der Waals surface area contributed by atoms with Gasteiger partial charge in [-0.05, 0) is 32.1 Å². The maximum atomic E-state index is 8.51. The van der Waals surface area contributed by atoms with Crippen molar-refractivity contribution < 1.29 is 5.11 Å². The molecule has 0 aliphatic heterocycles. The van der Waals surface area contributed by atoms with Crippen LogP contribution >= 0.6 is 0 Å². The third-order valence-corrected chi connectivity index (χ3v) is 1.92. The van der Waals surface area contributed by atoms with Crippen molar-refractivity contribution in [3.63, 3.8) is 0 Å². The lowest BCUT2D eigenvalue weighted by molar-refractivity contribution is 0.285. The average molecular weight is 170 g/mol. The van der Waals surface area contributed by atoms with Crippen molar-refractivity contribution in [1.82, 2.24) is 0 Å². The molecular formula is C11H22O. The number of hydrogen-bond acceptors (Lipinski definition) is 1. The average Bonchev–Trinajstić information content (AvgIpc) is 2.10. The van der Waals surface area contributed by atoms with Gasteiger partial charge in [0, 0.05) is 6.61 Å². The summed E-state index contributed by atoms with van der Waals surface area (Å²) in [5.41, 5.74) is 0. The summed E-state index contributed by atoms with van der Waals surface area (Å²) in [5, 5.41) is 8.51. The van der Waals surface area contributed by atoms with E-state index in [0.717, 1.165) is 19.3 Å². The van der Waals surface area contributed by atoms with Gasteiger partial charge in [-0.15, -0.1) is 0 Å². The first kappa shape index (κ1) is 11.7. The summed E-state index contributed by atoms with van der Waals surface area (Å²) in [6, 6.07) is 0. The lowest BCUT2D eigenvalue weighted by Gasteiger charge is -1.93. The molecule has 0 aromatic rings. The van der Waals surface area contributed by atoms with E-state index >= 15 is 0 Å². The van der Waals surface area contributed by atoms with Crippen LogP contribution in [-0.4, -0.2) is 11.7 Å². The van der Waals surface area contributed by atoms with Gasteiger partial charge in [0.15, 0.2) is 0 Å². The summed E-state index contributed by atoms with van der Waals surface area (Å²) < 4.78 is 0. The molecule has 0 atom stereocenters. The summed E-state index contributed by atoms with van der Waals surface area (Å²) in [6.45, 7) is 2.56. The second kappa shape index (κ2) is 10.7. The van der Waals surface area contributed by atoms with Gasteiger partial charge in [-0.2, -0.15) is 0 Å². The van der Waals surface area contributed by atoms with Gasteiger partial charge in [0.1, 0.15) is 0 Å². The molecule has 12 heavy (non-hydrogen) atoms. The first-order valence-corrected chi connectivity index (χ1v) is 5.17. The van der Waals surface area contributed by atoms with Crippen LogP contribution in [0.1, 0.15) is 51.9 Å². The van der Waals surface area contributed by atoms with Gasteiger partial charge in [0.25, 0.3) is 0 Å². The molecule has 0 amide bonds. The van der Waals surface area contributed by atoms with Crippen molar-refractivity contribution >= 4 is 0 Å². The Morgan fingerprint density at radius 1 is 0.917 bits per heavy atom. The summed E-state index contributed by atoms with van der Waals surface area (Å²) >= 11 is 0. The molecule has 0 spiro atoms. The molecule has 0 bridgehead atoms. The van der Waals surface area contributed by atoms with Gasteiger partial charge in [-0.25, -0.2) is 0 Å². The topological polar surface area (TPSA) is 20.2 Å². The number of aliphatic hydroxyl groups is 1. The van der Waals surface area contributed by atoms with E-state index in [4.69, 9.17) is 5.11 Å². The number of unbranched alkanes of at least 4 members (excludes halogenated alkanes) is 5. The second-order valence-electron chi connectivity index (χ2n) is 3.19. The van der Waals surface area contributed by atoms with Crippen LogP contribution in [0.5, 0.6) is 0 Å². The number of rotatable bonds is 8. The van der Waals surface area contributed by atoms with E-state index in [9.17, 15) is 0 Å². The molecule has 0 aromatic carbocycles. The molecule has 0 aromatic heterocycles. The summed E-state index contributed by atoms with van der Waals surface area (Å²) in [7, 11) is 0. The third-order valence-electron chi connectivity index (χ3n) is 1.92. The molecule has 0 unspecified atom stereocenters. The fourth-order valence-electron chi connectivity index (χ4n) is 1.12. The van der Waals surface area contributed by atoms with E-state index in [-0.39, 0.29) is 0 Å². The van der Waals surface area contributed by atoms with Crippen molar-refractivity contribution in [2.24, 2.45) is 0 Å². The third kappa shape index (κ3) is 9.70. The van der Waals surface area contributed by atoms with E-state index in [1.165, 1.54) is 25.7 Å². The van der Waals surface area contributed by atoms with E-state index in [0.29, 0.717) is 6.61 Å². The van der Waals surface area contributed by atoms with Crippen LogP contribution in [0.3, 0.4) is 0 Å². The van der Waals surface area contributed by atoms with Gasteiger partial charge in [0.05, 0.1) is 0 Å². The van der Waals surface area contributed by atoms with Crippen molar-refractivity contribution in [2.45, 2.75) is 51.9 Å². The quantitative estimate of drug-likeness (QED) is 0.438. The van der Waals surface area contributed by atoms with E-state index in [1.807, 2.05) is 0 Å². The van der Waals surface area contributed by atoms with Crippen LogP contribution in [0.4, 0.5) is 0 Å². The highest BCUT2D eigenvalue weighted by Crippen LogP contribution is 2.01. The largest absolute Gasteiger partial charge is 0.396 e. The Labute approximate surface area is 76.5 Å². The van der Waals surface area contributed by atoms with Gasteiger partial charge in [-0.3, -0.25) is 0 Å². The molecule has 1 N–H and O–H groups in total. The minimum absolute atomic E-state index is 0.337. The predicted molar refractivity (Wildman–Crippen MR) is 54.2 cm³/mol. The molecule has 0 aliphatic rings. The summed E-state index contributed by atoms with van der Waals surface area (Å²) in [5.74, 6) is 0. The van der Waals surface area contributed by atoms with Crippen LogP contribution in [-0.2, 0) is 0 Å². The molecule has 0 saturated heterocycles. The second-order valence-corrected chi connectivity index (χ2v) is 3.19. The molecular weight excluding hydrogens is 148 g/mol. The summed E-state index contributed by atoms with van der Waals surface area (Å²) in [6.07, 6.45) is 12.9. The monoisotopic (exact) mass is 170 g/mol. The standard InChI is InChI=1S/C11H22O/c1-2-3-4-5-6-7-8-9-10-11-12/h6-7,12H,2-5,8-11H2,1H3/b7-6-. The summed E-state index contributed by atoms with van der Waals surface area (Å²) in [4.78, 5) is 0. The molecule has 0 radical (unpaired) electrons. The maximum Gasteiger partial charge on any atom is 0.0431 e. The van der Waals surface area contributed by atoms with Gasteiger partial charge >= 0.3 is 0 Å². The normalized spacial score (nSPS) is 11.2. The molecule has 0 aliphatic carbocycles. The fraction of sp³-hybridized carbons (Fsp3) is 0.818. The Balaban J connectivity index is 2.93. The number of allylic oxidation sites excluding steroid dienone is 2. The number of hydrogen-bond donors (Lipinski definition) is 1. The van der Waals surface area contributed by atoms with Crippen LogP contribution in [0.25, 0.3) is 0 Å². The lowest BCUT2D eigenvalue weighted by atomic mass is 10.2. The Morgan fingerprint density at radius 2 is 1.50 bits per heavy atom. The highest BCUT2D eigenvalue weighted by atomic mass is 16.2. The van der Waals surface area contributed by atoms with Crippen LogP contribution in [0.2, 0.25) is 0 Å². The Morgan fingerprint density at radius 3 is 2.00 bits per heavy atom. The molecule has 1 nitrogen and oxygen atoms in total. The Hall–Kier alpha value is -0.300. The minimum atomic E-state index is 0.337. The molecule has 0 rings (SSSR count). The van der Waals surface area contributed by atoms with Gasteiger partial charge in [-0.1, -0.05) is 31.9 Å². The van der Waals surface area contributed by atoms with Crippen molar-refractivity contribution in [2.75, 3.05) is 6.61 Å². The van der Waals surface area contributed by atoms with Crippen LogP contribution in [0.15, 0.2) is 12.2 Å². The highest BCUT2D eigenvalue weighted by Gasteiger charge is 1.83. The zero-order valence-electron chi connectivity index (χ0n) is 8.26. The fourth-order valence-corrected chi connectivity index (χ4v) is 1.12. The molecule has 72 valence electrons. The molecule has 1 heteroatoms. The smallest absolute Gasteiger partial charge is 0.0431 e. The van der Waals surface area contributed by atoms with Crippen molar-refractivity contribution in [1.29, 1.82) is 0 Å². The van der Waals surface area contributed by atoms with Gasteiger partial charge in [0.2, 0.25) is 0 Å². The SMILES string of the molecule is CCCCC/C=C\CCCCO. The van der Waals surface area contributed by atoms with Crippen LogP contribution < -0.4 is 0 Å². The lowest BCUT2D eigenvalue weighted by Crippen LogP contribution is -1.80. The van der Waals surface area contributed by atoms with Crippen molar-refractivity contribution in [3.8, 4) is 0 Å². The molecule has 0 heterocycles. The van der Waals surface area contributed by atoms with E-state index in [2.05, 4.69) is 19.1 Å². The zero-order valence-corrected chi connectivity index (χ0v) is 8.26. The Kier molecular flexibility index (Phi) is 10.4. The minimum Gasteiger partial charge on any atom is -0.396 e. The first-order chi connectivity index (χ1) is 5.91. The predicted octanol–water partition coefficient (Wildman–Crippen LogP) is 3.29. The van der Waals surface area contributed by atoms with Gasteiger partial charge < -0.3 is 5.11 Å². The van der Waals surface area contributed by atoms with E-state index < -0.39 is 0 Å². The van der Waals surface area contributed by atoms with E-state index in [1.54, 1.807) is 0 Å². The zero-order chi connectivity index (χ0) is 9.07. The maximum absolute atomic E-state index is 8.51.